The van der Waals surface area contributed by atoms with Gasteiger partial charge >= 0.3 is 6.09 Å². The highest BCUT2D eigenvalue weighted by molar-refractivity contribution is 5.80. The molecule has 3 fully saturated rings. The molecule has 1 spiro atoms. The Hall–Kier alpha value is -3.87. The summed E-state index contributed by atoms with van der Waals surface area (Å²) < 4.78 is 5.78. The van der Waals surface area contributed by atoms with Gasteiger partial charge in [-0.25, -0.2) is 14.8 Å². The number of rotatable bonds is 5. The maximum Gasteiger partial charge on any atom is 0.410 e. The van der Waals surface area contributed by atoms with Crippen LogP contribution in [0.4, 0.5) is 4.79 Å². The molecule has 0 radical (unpaired) electrons. The monoisotopic (exact) mass is 645 g/mol. The van der Waals surface area contributed by atoms with Crippen molar-refractivity contribution in [2.45, 2.75) is 122 Å². The summed E-state index contributed by atoms with van der Waals surface area (Å²) in [6.45, 7) is 11.0. The Labute approximate surface area is 285 Å². The smallest absolute Gasteiger partial charge is 0.410 e. The average molecular weight is 646 g/mol. The predicted molar refractivity (Wildman–Crippen MR) is 191 cm³/mol. The SMILES string of the molecule is C[C@@H]1CC[C@H](c2ncc(-c3ccc(-c4ccc(-c5cnc([C@@H]6C[C@H](C)CN6C(=O)OC(C)(C)C)[nH]5)c5c4C4(CCCC4)CC5)cc3)[nH]2)C1. The largest absolute Gasteiger partial charge is 0.444 e. The van der Waals surface area contributed by atoms with E-state index >= 15 is 0 Å². The summed E-state index contributed by atoms with van der Waals surface area (Å²) in [6, 6.07) is 13.7. The number of amides is 1. The molecular weight excluding hydrogens is 594 g/mol. The topological polar surface area (TPSA) is 86.9 Å². The Bertz CT molecular complexity index is 1800. The summed E-state index contributed by atoms with van der Waals surface area (Å²) >= 11 is 0. The van der Waals surface area contributed by atoms with Gasteiger partial charge in [0.05, 0.1) is 29.8 Å². The molecule has 252 valence electrons. The number of aromatic nitrogens is 4. The third-order valence-electron chi connectivity index (χ3n) is 11.8. The van der Waals surface area contributed by atoms with E-state index in [0.717, 1.165) is 41.8 Å². The van der Waals surface area contributed by atoms with Crippen molar-refractivity contribution in [3.63, 3.8) is 0 Å². The number of nitrogens with one attached hydrogen (secondary N) is 2. The maximum atomic E-state index is 13.2. The van der Waals surface area contributed by atoms with Gasteiger partial charge < -0.3 is 14.7 Å². The molecular formula is C41H51N5O2. The van der Waals surface area contributed by atoms with E-state index in [4.69, 9.17) is 14.7 Å². The van der Waals surface area contributed by atoms with E-state index in [-0.39, 0.29) is 17.6 Å². The fourth-order valence-electron chi connectivity index (χ4n) is 9.49. The average Bonchev–Trinajstić information content (AvgIpc) is 3.90. The molecule has 7 heteroatoms. The molecule has 4 aromatic rings. The van der Waals surface area contributed by atoms with Crippen molar-refractivity contribution in [3.8, 4) is 33.6 Å². The minimum absolute atomic E-state index is 0.108. The molecule has 1 amide bonds. The van der Waals surface area contributed by atoms with Crippen LogP contribution in [0.5, 0.6) is 0 Å². The van der Waals surface area contributed by atoms with Crippen LogP contribution in [-0.4, -0.2) is 43.1 Å². The van der Waals surface area contributed by atoms with Crippen LogP contribution >= 0.6 is 0 Å². The number of H-pyrrole nitrogens is 2. The number of fused-ring (bicyclic) bond motifs is 2. The van der Waals surface area contributed by atoms with Crippen LogP contribution in [0.2, 0.25) is 0 Å². The summed E-state index contributed by atoms with van der Waals surface area (Å²) in [7, 11) is 0. The van der Waals surface area contributed by atoms with Gasteiger partial charge in [0, 0.05) is 18.0 Å². The van der Waals surface area contributed by atoms with Crippen LogP contribution in [0.3, 0.4) is 0 Å². The summed E-state index contributed by atoms with van der Waals surface area (Å²) in [4.78, 5) is 32.0. The maximum absolute atomic E-state index is 13.2. The van der Waals surface area contributed by atoms with E-state index in [2.05, 4.69) is 60.2 Å². The third-order valence-corrected chi connectivity index (χ3v) is 11.8. The van der Waals surface area contributed by atoms with Crippen LogP contribution in [0.25, 0.3) is 33.6 Å². The number of nitrogens with zero attached hydrogens (tertiary/aromatic N) is 3. The molecule has 1 aliphatic heterocycles. The lowest BCUT2D eigenvalue weighted by Gasteiger charge is -2.28. The molecule has 4 aliphatic rings. The Morgan fingerprint density at radius 3 is 2.25 bits per heavy atom. The van der Waals surface area contributed by atoms with Crippen molar-refractivity contribution in [3.05, 3.63) is 71.6 Å². The van der Waals surface area contributed by atoms with Crippen LogP contribution in [-0.2, 0) is 16.6 Å². The van der Waals surface area contributed by atoms with E-state index in [0.29, 0.717) is 18.4 Å². The van der Waals surface area contributed by atoms with Crippen LogP contribution in [0.15, 0.2) is 48.8 Å². The Kier molecular flexibility index (Phi) is 7.80. The normalized spacial score (nSPS) is 24.9. The lowest BCUT2D eigenvalue weighted by molar-refractivity contribution is 0.0214. The highest BCUT2D eigenvalue weighted by atomic mass is 16.6. The predicted octanol–water partition coefficient (Wildman–Crippen LogP) is 10.1. The first-order chi connectivity index (χ1) is 23.1. The van der Waals surface area contributed by atoms with Gasteiger partial charge in [-0.2, -0.15) is 0 Å². The van der Waals surface area contributed by atoms with Crippen LogP contribution < -0.4 is 0 Å². The number of hydrogen-bond acceptors (Lipinski definition) is 4. The second-order valence-electron chi connectivity index (χ2n) is 16.5. The molecule has 3 heterocycles. The van der Waals surface area contributed by atoms with E-state index in [1.807, 2.05) is 38.1 Å². The summed E-state index contributed by atoms with van der Waals surface area (Å²) in [5.74, 6) is 3.75. The lowest BCUT2D eigenvalue weighted by atomic mass is 9.76. The first-order valence-corrected chi connectivity index (χ1v) is 18.4. The molecule has 48 heavy (non-hydrogen) atoms. The van der Waals surface area contributed by atoms with Gasteiger partial charge in [0.2, 0.25) is 0 Å². The number of likely N-dealkylation sites (tertiary alicyclic amines) is 1. The number of carbonyl (C=O) groups excluding carboxylic acids is 1. The number of ether oxygens (including phenoxy) is 1. The van der Waals surface area contributed by atoms with Crippen molar-refractivity contribution in [2.75, 3.05) is 6.54 Å². The van der Waals surface area contributed by atoms with Gasteiger partial charge in [0.25, 0.3) is 0 Å². The number of benzene rings is 2. The summed E-state index contributed by atoms with van der Waals surface area (Å²) in [6.07, 6.45) is 15.8. The molecule has 1 saturated heterocycles. The fourth-order valence-corrected chi connectivity index (χ4v) is 9.49. The van der Waals surface area contributed by atoms with Crippen molar-refractivity contribution in [2.24, 2.45) is 11.8 Å². The molecule has 2 N–H and O–H groups in total. The second-order valence-corrected chi connectivity index (χ2v) is 16.5. The Balaban J connectivity index is 1.10. The Morgan fingerprint density at radius 1 is 0.833 bits per heavy atom. The van der Waals surface area contributed by atoms with E-state index in [1.54, 1.807) is 5.56 Å². The summed E-state index contributed by atoms with van der Waals surface area (Å²) in [5.41, 5.74) is 10.0. The second kappa shape index (κ2) is 11.9. The van der Waals surface area contributed by atoms with Gasteiger partial charge in [-0.3, -0.25) is 4.90 Å². The van der Waals surface area contributed by atoms with Crippen molar-refractivity contribution in [1.82, 2.24) is 24.8 Å². The number of hydrogen-bond donors (Lipinski definition) is 2. The lowest BCUT2D eigenvalue weighted by Crippen LogP contribution is -2.37. The highest BCUT2D eigenvalue weighted by Gasteiger charge is 2.44. The molecule has 2 saturated carbocycles. The zero-order chi connectivity index (χ0) is 33.2. The number of imidazole rings is 2. The molecule has 2 aromatic carbocycles. The van der Waals surface area contributed by atoms with Gasteiger partial charge in [-0.1, -0.05) is 63.1 Å². The van der Waals surface area contributed by atoms with Gasteiger partial charge in [0.15, 0.2) is 0 Å². The number of carbonyl (C=O) groups is 1. The standard InChI is InChI=1S/C41H51N5O2/c1-25-8-9-29(20-25)37-42-22-33(44-37)28-12-10-27(11-13-28)30-14-15-31(32-16-19-41(36(30)32)17-6-7-18-41)34-23-43-38(45-34)35-21-26(2)24-46(35)39(47)48-40(3,4)5/h10-15,22-23,25-26,29,35H,6-9,16-21,24H2,1-5H3,(H,42,44)(H,43,45)/t25-,26+,29+,35+/m1/s1. The first kappa shape index (κ1) is 31.4. The van der Waals surface area contributed by atoms with Crippen LogP contribution in [0, 0.1) is 11.8 Å². The molecule has 8 rings (SSSR count). The molecule has 2 aromatic heterocycles. The van der Waals surface area contributed by atoms with Gasteiger partial charge in [-0.15, -0.1) is 0 Å². The van der Waals surface area contributed by atoms with Crippen molar-refractivity contribution >= 4 is 6.09 Å². The molecule has 0 unspecified atom stereocenters. The summed E-state index contributed by atoms with van der Waals surface area (Å²) in [5, 5.41) is 0. The Morgan fingerprint density at radius 2 is 1.52 bits per heavy atom. The molecule has 4 atom stereocenters. The third kappa shape index (κ3) is 5.67. The van der Waals surface area contributed by atoms with Gasteiger partial charge in [-0.05, 0) is 117 Å². The van der Waals surface area contributed by atoms with E-state index in [9.17, 15) is 4.79 Å². The zero-order valence-electron chi connectivity index (χ0n) is 29.4. The minimum atomic E-state index is -0.531. The molecule has 0 bridgehead atoms. The molecule has 7 nitrogen and oxygen atoms in total. The van der Waals surface area contributed by atoms with Crippen molar-refractivity contribution < 1.29 is 9.53 Å². The van der Waals surface area contributed by atoms with Crippen molar-refractivity contribution in [1.29, 1.82) is 0 Å². The number of aromatic amines is 2. The minimum Gasteiger partial charge on any atom is -0.444 e. The van der Waals surface area contributed by atoms with Crippen LogP contribution in [0.1, 0.15) is 127 Å². The fraction of sp³-hybridized carbons (Fsp3) is 0.537. The van der Waals surface area contributed by atoms with E-state index < -0.39 is 5.60 Å². The van der Waals surface area contributed by atoms with Gasteiger partial charge in [0.1, 0.15) is 17.2 Å². The quantitative estimate of drug-likeness (QED) is 0.226. The zero-order valence-corrected chi connectivity index (χ0v) is 29.4. The first-order valence-electron chi connectivity index (χ1n) is 18.4. The highest BCUT2D eigenvalue weighted by Crippen LogP contribution is 2.55. The molecule has 3 aliphatic carbocycles. The van der Waals surface area contributed by atoms with E-state index in [1.165, 1.54) is 79.2 Å².